The molecule has 20 heavy (non-hydrogen) atoms. The lowest BCUT2D eigenvalue weighted by Crippen LogP contribution is -2.29. The number of nitrogens with zero attached hydrogens (tertiary/aromatic N) is 2. The number of anilines is 2. The van der Waals surface area contributed by atoms with E-state index in [1.165, 1.54) is 0 Å². The molecule has 0 saturated heterocycles. The van der Waals surface area contributed by atoms with E-state index in [1.807, 2.05) is 13.8 Å². The number of aromatic nitrogens is 2. The third kappa shape index (κ3) is 4.93. The van der Waals surface area contributed by atoms with Crippen molar-refractivity contribution in [3.63, 3.8) is 0 Å². The second-order valence-electron chi connectivity index (χ2n) is 4.37. The summed E-state index contributed by atoms with van der Waals surface area (Å²) in [6, 6.07) is 0. The van der Waals surface area contributed by atoms with Gasteiger partial charge in [0.2, 0.25) is 10.0 Å². The van der Waals surface area contributed by atoms with Crippen LogP contribution in [0, 0.1) is 13.8 Å². The summed E-state index contributed by atoms with van der Waals surface area (Å²) in [7, 11) is -3.22. The fraction of sp³-hybridized carbons (Fsp3) is 0.667. The van der Waals surface area contributed by atoms with E-state index in [9.17, 15) is 8.42 Å². The van der Waals surface area contributed by atoms with Gasteiger partial charge in [0.05, 0.1) is 5.75 Å². The first kappa shape index (κ1) is 16.6. The Morgan fingerprint density at radius 3 is 2.15 bits per heavy atom. The Hall–Kier alpha value is -1.41. The second kappa shape index (κ2) is 7.39. The monoisotopic (exact) mass is 301 g/mol. The van der Waals surface area contributed by atoms with Crippen LogP contribution >= 0.6 is 0 Å². The molecule has 1 rings (SSSR count). The van der Waals surface area contributed by atoms with Crippen molar-refractivity contribution in [2.75, 3.05) is 36.0 Å². The van der Waals surface area contributed by atoms with Crippen LogP contribution in [0.3, 0.4) is 0 Å². The van der Waals surface area contributed by atoms with Gasteiger partial charge in [0.15, 0.2) is 0 Å². The number of sulfonamides is 1. The SMILES string of the molecule is CCNc1nc(C)nc(NCCS(=O)(=O)NCC)c1C. The highest BCUT2D eigenvalue weighted by atomic mass is 32.2. The highest BCUT2D eigenvalue weighted by molar-refractivity contribution is 7.89. The molecule has 1 aromatic heterocycles. The van der Waals surface area contributed by atoms with Gasteiger partial charge >= 0.3 is 0 Å². The first-order valence-electron chi connectivity index (χ1n) is 6.70. The predicted octanol–water partition coefficient (Wildman–Crippen LogP) is 0.876. The predicted molar refractivity (Wildman–Crippen MR) is 81.6 cm³/mol. The summed E-state index contributed by atoms with van der Waals surface area (Å²) in [4.78, 5) is 8.62. The van der Waals surface area contributed by atoms with Gasteiger partial charge in [-0.2, -0.15) is 0 Å². The molecule has 1 aromatic rings. The molecule has 1 heterocycles. The summed E-state index contributed by atoms with van der Waals surface area (Å²) in [5, 5.41) is 6.22. The summed E-state index contributed by atoms with van der Waals surface area (Å²) >= 11 is 0. The lowest BCUT2D eigenvalue weighted by atomic mass is 10.3. The van der Waals surface area contributed by atoms with E-state index in [0.717, 1.165) is 17.9 Å². The molecule has 0 fully saturated rings. The lowest BCUT2D eigenvalue weighted by Gasteiger charge is -2.13. The minimum Gasteiger partial charge on any atom is -0.370 e. The van der Waals surface area contributed by atoms with Gasteiger partial charge < -0.3 is 10.6 Å². The fourth-order valence-electron chi connectivity index (χ4n) is 1.74. The Labute approximate surface area is 120 Å². The smallest absolute Gasteiger partial charge is 0.213 e. The number of hydrogen-bond acceptors (Lipinski definition) is 6. The maximum Gasteiger partial charge on any atom is 0.213 e. The van der Waals surface area contributed by atoms with E-state index >= 15 is 0 Å². The molecule has 0 aliphatic carbocycles. The molecule has 0 aliphatic rings. The maximum atomic E-state index is 11.5. The molecule has 8 heteroatoms. The van der Waals surface area contributed by atoms with E-state index in [0.29, 0.717) is 24.7 Å². The van der Waals surface area contributed by atoms with Gasteiger partial charge in [0, 0.05) is 25.2 Å². The van der Waals surface area contributed by atoms with Gasteiger partial charge in [-0.15, -0.1) is 0 Å². The maximum absolute atomic E-state index is 11.5. The number of hydrogen-bond donors (Lipinski definition) is 3. The van der Waals surface area contributed by atoms with Crippen molar-refractivity contribution in [2.24, 2.45) is 0 Å². The molecule has 0 radical (unpaired) electrons. The fourth-order valence-corrected chi connectivity index (χ4v) is 2.69. The van der Waals surface area contributed by atoms with Crippen molar-refractivity contribution in [3.05, 3.63) is 11.4 Å². The molecular weight excluding hydrogens is 278 g/mol. The highest BCUT2D eigenvalue weighted by Crippen LogP contribution is 2.19. The Morgan fingerprint density at radius 2 is 1.60 bits per heavy atom. The number of rotatable bonds is 8. The highest BCUT2D eigenvalue weighted by Gasteiger charge is 2.11. The van der Waals surface area contributed by atoms with Crippen LogP contribution in [-0.4, -0.2) is 43.8 Å². The topological polar surface area (TPSA) is 96.0 Å². The van der Waals surface area contributed by atoms with Crippen LogP contribution < -0.4 is 15.4 Å². The van der Waals surface area contributed by atoms with Gasteiger partial charge in [0.1, 0.15) is 17.5 Å². The van der Waals surface area contributed by atoms with Crippen molar-refractivity contribution < 1.29 is 8.42 Å². The van der Waals surface area contributed by atoms with Crippen molar-refractivity contribution in [3.8, 4) is 0 Å². The minimum absolute atomic E-state index is 0.0138. The summed E-state index contributed by atoms with van der Waals surface area (Å²) in [5.41, 5.74) is 0.887. The Bertz CT molecular complexity index is 545. The molecule has 0 aromatic carbocycles. The van der Waals surface area contributed by atoms with Crippen LogP contribution in [0.5, 0.6) is 0 Å². The van der Waals surface area contributed by atoms with Crippen LogP contribution in [0.4, 0.5) is 11.6 Å². The third-order valence-corrected chi connectivity index (χ3v) is 4.10. The van der Waals surface area contributed by atoms with E-state index in [2.05, 4.69) is 25.3 Å². The molecule has 3 N–H and O–H groups in total. The Morgan fingerprint density at radius 1 is 1.00 bits per heavy atom. The molecule has 0 atom stereocenters. The largest absolute Gasteiger partial charge is 0.370 e. The van der Waals surface area contributed by atoms with Crippen molar-refractivity contribution >= 4 is 21.7 Å². The molecule has 0 aliphatic heterocycles. The zero-order valence-electron chi connectivity index (χ0n) is 12.4. The molecular formula is C12H23N5O2S. The van der Waals surface area contributed by atoms with Crippen LogP contribution in [0.1, 0.15) is 25.2 Å². The van der Waals surface area contributed by atoms with Crippen LogP contribution in [0.15, 0.2) is 0 Å². The van der Waals surface area contributed by atoms with Crippen LogP contribution in [-0.2, 0) is 10.0 Å². The summed E-state index contributed by atoms with van der Waals surface area (Å²) < 4.78 is 25.5. The minimum atomic E-state index is -3.22. The first-order chi connectivity index (χ1) is 9.39. The molecule has 0 saturated carbocycles. The van der Waals surface area contributed by atoms with Gasteiger partial charge in [0.25, 0.3) is 0 Å². The van der Waals surface area contributed by atoms with Gasteiger partial charge in [-0.25, -0.2) is 23.1 Å². The molecule has 0 amide bonds. The normalized spacial score (nSPS) is 11.4. The second-order valence-corrected chi connectivity index (χ2v) is 6.29. The third-order valence-electron chi connectivity index (χ3n) is 2.63. The van der Waals surface area contributed by atoms with Crippen molar-refractivity contribution in [2.45, 2.75) is 27.7 Å². The summed E-state index contributed by atoms with van der Waals surface area (Å²) in [6.45, 7) is 8.93. The molecule has 0 bridgehead atoms. The van der Waals surface area contributed by atoms with Crippen LogP contribution in [0.2, 0.25) is 0 Å². The van der Waals surface area contributed by atoms with Gasteiger partial charge in [-0.1, -0.05) is 6.92 Å². The van der Waals surface area contributed by atoms with Crippen LogP contribution in [0.25, 0.3) is 0 Å². The average Bonchev–Trinajstić information content (AvgIpc) is 2.34. The standard InChI is InChI=1S/C12H23N5O2S/c1-5-13-11-9(3)12(17-10(4)16-11)14-7-8-20(18,19)15-6-2/h15H,5-8H2,1-4H3,(H2,13,14,16,17). The van der Waals surface area contributed by atoms with E-state index in [-0.39, 0.29) is 5.75 Å². The Balaban J connectivity index is 2.73. The van der Waals surface area contributed by atoms with Gasteiger partial charge in [-0.3, -0.25) is 0 Å². The number of aryl methyl sites for hydroxylation is 1. The molecule has 114 valence electrons. The first-order valence-corrected chi connectivity index (χ1v) is 8.35. The van der Waals surface area contributed by atoms with E-state index < -0.39 is 10.0 Å². The van der Waals surface area contributed by atoms with Crippen molar-refractivity contribution in [1.29, 1.82) is 0 Å². The summed E-state index contributed by atoms with van der Waals surface area (Å²) in [5.74, 6) is 2.10. The molecule has 0 spiro atoms. The van der Waals surface area contributed by atoms with Crippen molar-refractivity contribution in [1.82, 2.24) is 14.7 Å². The number of nitrogens with one attached hydrogen (secondary N) is 3. The molecule has 7 nitrogen and oxygen atoms in total. The van der Waals surface area contributed by atoms with Gasteiger partial charge in [-0.05, 0) is 20.8 Å². The quantitative estimate of drug-likeness (QED) is 0.659. The lowest BCUT2D eigenvalue weighted by molar-refractivity contribution is 0.584. The Kier molecular flexibility index (Phi) is 6.15. The average molecular weight is 301 g/mol. The van der Waals surface area contributed by atoms with E-state index in [4.69, 9.17) is 0 Å². The zero-order chi connectivity index (χ0) is 15.2. The van der Waals surface area contributed by atoms with E-state index in [1.54, 1.807) is 13.8 Å². The molecule has 0 unspecified atom stereocenters. The zero-order valence-corrected chi connectivity index (χ0v) is 13.3. The summed E-state index contributed by atoms with van der Waals surface area (Å²) in [6.07, 6.45) is 0.